The largest absolute Gasteiger partial charge is 0.378 e. The van der Waals surface area contributed by atoms with Crippen molar-refractivity contribution < 1.29 is 4.74 Å². The average Bonchev–Trinajstić information content (AvgIpc) is 3.34. The molecule has 5 heterocycles. The van der Waals surface area contributed by atoms with Gasteiger partial charge in [-0.15, -0.1) is 0 Å². The summed E-state index contributed by atoms with van der Waals surface area (Å²) in [6.07, 6.45) is 11.1. The van der Waals surface area contributed by atoms with Crippen molar-refractivity contribution in [2.75, 3.05) is 44.3 Å². The van der Waals surface area contributed by atoms with E-state index in [1.807, 2.05) is 12.4 Å². The van der Waals surface area contributed by atoms with Crippen LogP contribution in [0.3, 0.4) is 0 Å². The van der Waals surface area contributed by atoms with Crippen molar-refractivity contribution in [2.45, 2.75) is 62.9 Å². The summed E-state index contributed by atoms with van der Waals surface area (Å²) >= 11 is 1.80. The number of piperidine rings is 1. The summed E-state index contributed by atoms with van der Waals surface area (Å²) in [6.45, 7) is 10.1. The van der Waals surface area contributed by atoms with Crippen molar-refractivity contribution in [3.63, 3.8) is 0 Å². The Balaban J connectivity index is 1.23. The lowest BCUT2D eigenvalue weighted by Gasteiger charge is -2.42. The number of aromatic nitrogens is 1. The third-order valence-corrected chi connectivity index (χ3v) is 8.02. The molecule has 3 unspecified atom stereocenters. The highest BCUT2D eigenvalue weighted by Gasteiger charge is 2.30. The Bertz CT molecular complexity index is 891. The van der Waals surface area contributed by atoms with E-state index < -0.39 is 0 Å². The fraction of sp³-hybridized carbons (Fsp3) is 0.640. The Morgan fingerprint density at radius 2 is 1.94 bits per heavy atom. The molecule has 0 aromatic carbocycles. The van der Waals surface area contributed by atoms with Crippen molar-refractivity contribution in [1.29, 1.82) is 0 Å². The van der Waals surface area contributed by atoms with Crippen LogP contribution in [-0.2, 0) is 4.74 Å². The Labute approximate surface area is 201 Å². The van der Waals surface area contributed by atoms with Crippen molar-refractivity contribution in [1.82, 2.24) is 15.2 Å². The molecule has 0 spiro atoms. The van der Waals surface area contributed by atoms with E-state index in [1.165, 1.54) is 12.8 Å². The molecule has 1 aromatic heterocycles. The molecule has 178 valence electrons. The molecule has 0 saturated carbocycles. The van der Waals surface area contributed by atoms with Gasteiger partial charge >= 0.3 is 0 Å². The number of nitrogens with zero attached hydrogens (tertiary/aromatic N) is 5. The molecule has 0 amide bonds. The minimum atomic E-state index is 0.280. The Hall–Kier alpha value is -1.90. The lowest BCUT2D eigenvalue weighted by molar-refractivity contribution is -0.0147. The van der Waals surface area contributed by atoms with Gasteiger partial charge in [-0.1, -0.05) is 11.8 Å². The van der Waals surface area contributed by atoms with Crippen molar-refractivity contribution >= 4 is 28.8 Å². The maximum Gasteiger partial charge on any atom is 0.128 e. The number of hydrogen-bond donors (Lipinski definition) is 1. The summed E-state index contributed by atoms with van der Waals surface area (Å²) in [4.78, 5) is 19.3. The zero-order valence-electron chi connectivity index (χ0n) is 19.8. The quantitative estimate of drug-likeness (QED) is 0.715. The molecule has 4 aliphatic rings. The van der Waals surface area contributed by atoms with Gasteiger partial charge in [0, 0.05) is 54.9 Å². The molecule has 33 heavy (non-hydrogen) atoms. The Morgan fingerprint density at radius 1 is 1.09 bits per heavy atom. The van der Waals surface area contributed by atoms with Crippen LogP contribution in [0, 0.1) is 0 Å². The van der Waals surface area contributed by atoms with E-state index in [9.17, 15) is 0 Å². The van der Waals surface area contributed by atoms with E-state index >= 15 is 0 Å². The van der Waals surface area contributed by atoms with E-state index in [0.29, 0.717) is 24.7 Å². The first kappa shape index (κ1) is 22.9. The number of nitrogens with one attached hydrogen (secondary N) is 1. The van der Waals surface area contributed by atoms with Gasteiger partial charge in [0.1, 0.15) is 16.7 Å². The molecule has 0 bridgehead atoms. The molecule has 4 aliphatic heterocycles. The van der Waals surface area contributed by atoms with Crippen LogP contribution in [0.2, 0.25) is 0 Å². The molecule has 8 heteroatoms. The number of anilines is 1. The highest BCUT2D eigenvalue weighted by atomic mass is 32.2. The molecular formula is C25H36N6OS. The first-order chi connectivity index (χ1) is 16.2. The van der Waals surface area contributed by atoms with Gasteiger partial charge in [-0.3, -0.25) is 4.99 Å². The fourth-order valence-electron chi connectivity index (χ4n) is 5.06. The summed E-state index contributed by atoms with van der Waals surface area (Å²) in [6, 6.07) is 5.89. The number of aliphatic imine (C=N–C) groups is 2. The molecule has 3 fully saturated rings. The molecule has 1 aromatic rings. The maximum absolute atomic E-state index is 5.32. The van der Waals surface area contributed by atoms with Crippen LogP contribution < -0.4 is 10.2 Å². The summed E-state index contributed by atoms with van der Waals surface area (Å²) in [5, 5.41) is 5.08. The first-order valence-corrected chi connectivity index (χ1v) is 13.3. The second kappa shape index (κ2) is 10.6. The predicted molar refractivity (Wildman–Crippen MR) is 138 cm³/mol. The van der Waals surface area contributed by atoms with Gasteiger partial charge in [-0.25, -0.2) is 9.98 Å². The summed E-state index contributed by atoms with van der Waals surface area (Å²) < 4.78 is 5.32. The van der Waals surface area contributed by atoms with E-state index in [4.69, 9.17) is 19.7 Å². The molecule has 0 aliphatic carbocycles. The minimum Gasteiger partial charge on any atom is -0.378 e. The van der Waals surface area contributed by atoms with Gasteiger partial charge in [0.15, 0.2) is 0 Å². The third-order valence-electron chi connectivity index (χ3n) is 6.93. The lowest BCUT2D eigenvalue weighted by atomic mass is 9.97. The van der Waals surface area contributed by atoms with Crippen molar-refractivity contribution in [3.8, 4) is 0 Å². The smallest absolute Gasteiger partial charge is 0.128 e. The number of ether oxygens (including phenoxy) is 1. The number of rotatable bonds is 5. The van der Waals surface area contributed by atoms with E-state index in [1.54, 1.807) is 11.8 Å². The summed E-state index contributed by atoms with van der Waals surface area (Å²) in [5.41, 5.74) is 1.10. The van der Waals surface area contributed by atoms with Crippen LogP contribution in [0.15, 0.2) is 40.2 Å². The van der Waals surface area contributed by atoms with Gasteiger partial charge in [-0.05, 0) is 57.7 Å². The number of pyridine rings is 1. The Kier molecular flexibility index (Phi) is 7.33. The van der Waals surface area contributed by atoms with Crippen LogP contribution in [0.5, 0.6) is 0 Å². The average molecular weight is 469 g/mol. The molecule has 1 N–H and O–H groups in total. The van der Waals surface area contributed by atoms with Crippen LogP contribution >= 0.6 is 11.8 Å². The molecule has 3 saturated heterocycles. The van der Waals surface area contributed by atoms with Gasteiger partial charge < -0.3 is 19.9 Å². The molecule has 5 rings (SSSR count). The van der Waals surface area contributed by atoms with Gasteiger partial charge in [0.05, 0.1) is 25.8 Å². The number of thioether (sulfide) groups is 1. The summed E-state index contributed by atoms with van der Waals surface area (Å²) in [5.74, 6) is 2.17. The van der Waals surface area contributed by atoms with Crippen LogP contribution in [0.1, 0.15) is 45.1 Å². The second-order valence-electron chi connectivity index (χ2n) is 9.57. The Morgan fingerprint density at radius 3 is 2.64 bits per heavy atom. The zero-order valence-corrected chi connectivity index (χ0v) is 20.6. The standard InChI is InChI=1S/C25H36N6OS/c1-18-13-21(29-22-16-32-17-22)7-12-31(18)24-14-19(2)33-25(27-9-8-26-24)20-5-6-23(28-15-20)30-10-3-4-11-30/h5-6,8,14-15,18-19,21-22,29H,3-4,7,9-13,16-17H2,1-2H3/b24-14+,26-8-,27-25?. The lowest BCUT2D eigenvalue weighted by Crippen LogP contribution is -2.54. The molecule has 7 nitrogen and oxygen atoms in total. The van der Waals surface area contributed by atoms with Crippen LogP contribution in [-0.4, -0.2) is 83.9 Å². The number of likely N-dealkylation sites (tertiary alicyclic amines) is 1. The zero-order chi connectivity index (χ0) is 22.6. The van der Waals surface area contributed by atoms with E-state index in [-0.39, 0.29) is 5.25 Å². The number of hydrogen-bond acceptors (Lipinski definition) is 8. The van der Waals surface area contributed by atoms with Gasteiger partial charge in [0.2, 0.25) is 0 Å². The molecule has 0 radical (unpaired) electrons. The minimum absolute atomic E-state index is 0.280. The van der Waals surface area contributed by atoms with E-state index in [2.05, 4.69) is 47.2 Å². The fourth-order valence-corrected chi connectivity index (χ4v) is 6.01. The topological polar surface area (TPSA) is 65.3 Å². The summed E-state index contributed by atoms with van der Waals surface area (Å²) in [7, 11) is 0. The first-order valence-electron chi connectivity index (χ1n) is 12.4. The normalized spacial score (nSPS) is 31.6. The predicted octanol–water partition coefficient (Wildman–Crippen LogP) is 3.32. The monoisotopic (exact) mass is 468 g/mol. The maximum atomic E-state index is 5.32. The SMILES string of the molecule is CC1/C=C(N2CCC(NC3COC3)CC2C)\N=C/CN=C(c2ccc(N3CCCC3)nc2)S1. The van der Waals surface area contributed by atoms with Gasteiger partial charge in [0.25, 0.3) is 0 Å². The molecular weight excluding hydrogens is 432 g/mol. The molecule has 3 atom stereocenters. The second-order valence-corrected chi connectivity index (χ2v) is 10.9. The van der Waals surface area contributed by atoms with Crippen LogP contribution in [0.4, 0.5) is 5.82 Å². The van der Waals surface area contributed by atoms with Gasteiger partial charge in [-0.2, -0.15) is 0 Å². The highest BCUT2D eigenvalue weighted by Crippen LogP contribution is 2.28. The van der Waals surface area contributed by atoms with E-state index in [0.717, 1.165) is 67.9 Å². The van der Waals surface area contributed by atoms with Crippen LogP contribution in [0.25, 0.3) is 0 Å². The third kappa shape index (κ3) is 5.61. The highest BCUT2D eigenvalue weighted by molar-refractivity contribution is 8.15. The van der Waals surface area contributed by atoms with Crippen molar-refractivity contribution in [3.05, 3.63) is 35.8 Å². The van der Waals surface area contributed by atoms with Crippen molar-refractivity contribution in [2.24, 2.45) is 9.98 Å².